The second-order valence-electron chi connectivity index (χ2n) is 6.96. The summed E-state index contributed by atoms with van der Waals surface area (Å²) in [5.74, 6) is 1.53. The van der Waals surface area contributed by atoms with Gasteiger partial charge in [0.15, 0.2) is 5.82 Å². The van der Waals surface area contributed by atoms with Crippen molar-refractivity contribution in [1.82, 2.24) is 23.4 Å². The zero-order valence-corrected chi connectivity index (χ0v) is 16.3. The smallest absolute Gasteiger partial charge is 0.282 e. The van der Waals surface area contributed by atoms with E-state index < -0.39 is 10.2 Å². The van der Waals surface area contributed by atoms with Crippen LogP contribution in [0.1, 0.15) is 18.7 Å². The normalized spacial score (nSPS) is 21.9. The van der Waals surface area contributed by atoms with Gasteiger partial charge in [-0.25, -0.2) is 9.67 Å². The lowest BCUT2D eigenvalue weighted by atomic mass is 10.2. The highest BCUT2D eigenvalue weighted by molar-refractivity contribution is 7.86. The van der Waals surface area contributed by atoms with E-state index in [4.69, 9.17) is 4.74 Å². The lowest BCUT2D eigenvalue weighted by Crippen LogP contribution is -2.48. The van der Waals surface area contributed by atoms with Gasteiger partial charge in [0.2, 0.25) is 0 Å². The Hall–Kier alpha value is -1.81. The minimum Gasteiger partial charge on any atom is -0.383 e. The van der Waals surface area contributed by atoms with Gasteiger partial charge < -0.3 is 4.74 Å². The number of aromatic nitrogens is 3. The number of hydrogen-bond donors (Lipinski definition) is 0. The first kappa shape index (κ1) is 18.5. The van der Waals surface area contributed by atoms with Crippen molar-refractivity contribution in [1.29, 1.82) is 0 Å². The molecule has 1 atom stereocenters. The van der Waals surface area contributed by atoms with Crippen LogP contribution in [-0.2, 0) is 27.9 Å². The van der Waals surface area contributed by atoms with Crippen molar-refractivity contribution >= 4 is 10.2 Å². The third-order valence-electron chi connectivity index (χ3n) is 5.23. The zero-order chi connectivity index (χ0) is 18.9. The van der Waals surface area contributed by atoms with Crippen LogP contribution in [0.2, 0.25) is 0 Å². The van der Waals surface area contributed by atoms with Crippen molar-refractivity contribution in [3.8, 4) is 11.4 Å². The Balaban J connectivity index is 1.50. The lowest BCUT2D eigenvalue weighted by molar-refractivity contribution is 0.145. The van der Waals surface area contributed by atoms with Gasteiger partial charge in [-0.1, -0.05) is 30.3 Å². The summed E-state index contributed by atoms with van der Waals surface area (Å²) in [6.07, 6.45) is 2.29. The van der Waals surface area contributed by atoms with Crippen molar-refractivity contribution in [2.45, 2.75) is 31.8 Å². The van der Waals surface area contributed by atoms with Crippen molar-refractivity contribution in [3.05, 3.63) is 36.2 Å². The van der Waals surface area contributed by atoms with E-state index >= 15 is 0 Å². The average molecular weight is 391 g/mol. The molecule has 0 aliphatic carbocycles. The molecule has 27 heavy (non-hydrogen) atoms. The number of benzene rings is 1. The van der Waals surface area contributed by atoms with Crippen molar-refractivity contribution in [2.75, 3.05) is 33.4 Å². The van der Waals surface area contributed by atoms with E-state index in [1.807, 2.05) is 35.0 Å². The number of hydrogen-bond acceptors (Lipinski definition) is 5. The largest absolute Gasteiger partial charge is 0.383 e. The molecule has 9 heteroatoms. The van der Waals surface area contributed by atoms with E-state index in [-0.39, 0.29) is 6.04 Å². The summed E-state index contributed by atoms with van der Waals surface area (Å²) in [6.45, 7) is 2.34. The fourth-order valence-corrected chi connectivity index (χ4v) is 5.68. The van der Waals surface area contributed by atoms with Gasteiger partial charge in [0, 0.05) is 44.8 Å². The SMILES string of the molecule is COCC1CCCN1S(=O)(=O)N1CCc2nc(-c3ccccc3)nn2CC1. The Morgan fingerprint density at radius 3 is 2.74 bits per heavy atom. The minimum absolute atomic E-state index is 0.0666. The maximum Gasteiger partial charge on any atom is 0.282 e. The first-order valence-corrected chi connectivity index (χ1v) is 10.7. The highest BCUT2D eigenvalue weighted by atomic mass is 32.2. The molecule has 2 aliphatic rings. The standard InChI is InChI=1S/C18H25N5O3S/c1-26-14-16-8-5-10-23(16)27(24,25)21-11-9-17-19-18(20-22(17)13-12-21)15-6-3-2-4-7-15/h2-4,6-7,16H,5,8-14H2,1H3. The molecular formula is C18H25N5O3S. The molecule has 0 spiro atoms. The summed E-state index contributed by atoms with van der Waals surface area (Å²) in [6, 6.07) is 9.78. The summed E-state index contributed by atoms with van der Waals surface area (Å²) in [5.41, 5.74) is 0.974. The molecule has 1 aromatic heterocycles. The van der Waals surface area contributed by atoms with E-state index in [2.05, 4.69) is 10.1 Å². The van der Waals surface area contributed by atoms with Crippen LogP contribution >= 0.6 is 0 Å². The molecule has 1 unspecified atom stereocenters. The summed E-state index contributed by atoms with van der Waals surface area (Å²) in [4.78, 5) is 4.64. The summed E-state index contributed by atoms with van der Waals surface area (Å²) < 4.78 is 36.5. The van der Waals surface area contributed by atoms with E-state index in [1.165, 1.54) is 0 Å². The fourth-order valence-electron chi connectivity index (χ4n) is 3.84. The first-order valence-electron chi connectivity index (χ1n) is 9.34. The molecule has 146 valence electrons. The molecule has 0 saturated carbocycles. The molecule has 0 amide bonds. The zero-order valence-electron chi connectivity index (χ0n) is 15.5. The summed E-state index contributed by atoms with van der Waals surface area (Å²) in [7, 11) is -1.88. The van der Waals surface area contributed by atoms with Gasteiger partial charge in [-0.05, 0) is 12.8 Å². The highest BCUT2D eigenvalue weighted by Crippen LogP contribution is 2.25. The number of rotatable bonds is 5. The molecule has 2 aliphatic heterocycles. The topological polar surface area (TPSA) is 80.6 Å². The third kappa shape index (κ3) is 3.64. The first-order chi connectivity index (χ1) is 13.1. The van der Waals surface area contributed by atoms with Gasteiger partial charge in [-0.15, -0.1) is 0 Å². The molecule has 1 fully saturated rings. The van der Waals surface area contributed by atoms with Gasteiger partial charge in [0.25, 0.3) is 10.2 Å². The van der Waals surface area contributed by atoms with Gasteiger partial charge in [-0.3, -0.25) is 0 Å². The fraction of sp³-hybridized carbons (Fsp3) is 0.556. The van der Waals surface area contributed by atoms with Crippen LogP contribution in [0.5, 0.6) is 0 Å². The van der Waals surface area contributed by atoms with Crippen LogP contribution in [0, 0.1) is 0 Å². The summed E-state index contributed by atoms with van der Waals surface area (Å²) >= 11 is 0. The molecular weight excluding hydrogens is 366 g/mol. The van der Waals surface area contributed by atoms with Crippen LogP contribution in [-0.4, -0.2) is 71.2 Å². The maximum atomic E-state index is 13.1. The Kier molecular flexibility index (Phi) is 5.27. The Morgan fingerprint density at radius 1 is 1.15 bits per heavy atom. The van der Waals surface area contributed by atoms with E-state index in [9.17, 15) is 8.42 Å². The van der Waals surface area contributed by atoms with Gasteiger partial charge in [0.1, 0.15) is 5.82 Å². The third-order valence-corrected chi connectivity index (χ3v) is 7.32. The van der Waals surface area contributed by atoms with E-state index in [0.29, 0.717) is 45.0 Å². The van der Waals surface area contributed by atoms with Crippen LogP contribution < -0.4 is 0 Å². The Bertz CT molecular complexity index is 858. The van der Waals surface area contributed by atoms with Crippen LogP contribution in [0.4, 0.5) is 0 Å². The number of nitrogens with zero attached hydrogens (tertiary/aromatic N) is 5. The Labute approximate surface area is 159 Å². The molecule has 8 nitrogen and oxygen atoms in total. The van der Waals surface area contributed by atoms with E-state index in [0.717, 1.165) is 24.2 Å². The van der Waals surface area contributed by atoms with Gasteiger partial charge >= 0.3 is 0 Å². The van der Waals surface area contributed by atoms with Crippen LogP contribution in [0.25, 0.3) is 11.4 Å². The minimum atomic E-state index is -3.50. The number of methoxy groups -OCH3 is 1. The van der Waals surface area contributed by atoms with Crippen LogP contribution in [0.15, 0.2) is 30.3 Å². The molecule has 0 N–H and O–H groups in total. The highest BCUT2D eigenvalue weighted by Gasteiger charge is 2.38. The van der Waals surface area contributed by atoms with Crippen molar-refractivity contribution < 1.29 is 13.2 Å². The predicted molar refractivity (Wildman–Crippen MR) is 101 cm³/mol. The molecule has 0 bridgehead atoms. The average Bonchev–Trinajstić information content (AvgIpc) is 3.26. The number of ether oxygens (including phenoxy) is 1. The summed E-state index contributed by atoms with van der Waals surface area (Å²) in [5, 5.41) is 4.59. The molecule has 4 rings (SSSR count). The van der Waals surface area contributed by atoms with Crippen LogP contribution in [0.3, 0.4) is 0 Å². The number of fused-ring (bicyclic) bond motifs is 1. The van der Waals surface area contributed by atoms with Crippen molar-refractivity contribution in [3.63, 3.8) is 0 Å². The molecule has 3 heterocycles. The van der Waals surface area contributed by atoms with Gasteiger partial charge in [-0.2, -0.15) is 22.1 Å². The predicted octanol–water partition coefficient (Wildman–Crippen LogP) is 1.16. The maximum absolute atomic E-state index is 13.1. The van der Waals surface area contributed by atoms with E-state index in [1.54, 1.807) is 15.7 Å². The Morgan fingerprint density at radius 2 is 1.96 bits per heavy atom. The quantitative estimate of drug-likeness (QED) is 0.764. The van der Waals surface area contributed by atoms with Crippen molar-refractivity contribution in [2.24, 2.45) is 0 Å². The molecule has 2 aromatic rings. The molecule has 1 aromatic carbocycles. The molecule has 0 radical (unpaired) electrons. The second kappa shape index (κ2) is 7.67. The second-order valence-corrected chi connectivity index (χ2v) is 8.84. The monoisotopic (exact) mass is 391 g/mol. The lowest BCUT2D eigenvalue weighted by Gasteiger charge is -2.29. The van der Waals surface area contributed by atoms with Gasteiger partial charge in [0.05, 0.1) is 13.2 Å². The molecule has 1 saturated heterocycles.